The van der Waals surface area contributed by atoms with Gasteiger partial charge in [-0.15, -0.1) is 0 Å². The minimum absolute atomic E-state index is 0.0365. The predicted molar refractivity (Wildman–Crippen MR) is 75.0 cm³/mol. The fourth-order valence-corrected chi connectivity index (χ4v) is 1.79. The van der Waals surface area contributed by atoms with E-state index in [4.69, 9.17) is 14.9 Å². The Labute approximate surface area is 126 Å². The molecule has 1 unspecified atom stereocenters. The quantitative estimate of drug-likeness (QED) is 0.798. The van der Waals surface area contributed by atoms with E-state index in [1.807, 2.05) is 0 Å². The third-order valence-electron chi connectivity index (χ3n) is 3.03. The largest absolute Gasteiger partial charge is 0.478 e. The second-order valence-electron chi connectivity index (χ2n) is 4.57. The first-order chi connectivity index (χ1) is 10.5. The smallest absolute Gasteiger partial charge is 0.335 e. The minimum Gasteiger partial charge on any atom is -0.478 e. The highest BCUT2D eigenvalue weighted by molar-refractivity contribution is 5.87. The fraction of sp³-hybridized carbons (Fsp3) is 0.125. The summed E-state index contributed by atoms with van der Waals surface area (Å²) >= 11 is 0. The molecule has 2 aromatic rings. The Morgan fingerprint density at radius 1 is 0.864 bits per heavy atom. The van der Waals surface area contributed by atoms with Gasteiger partial charge in [-0.3, -0.25) is 0 Å². The molecule has 113 valence electrons. The lowest BCUT2D eigenvalue weighted by molar-refractivity contribution is -0.152. The van der Waals surface area contributed by atoms with Gasteiger partial charge in [-0.05, 0) is 29.8 Å². The third-order valence-corrected chi connectivity index (χ3v) is 3.03. The lowest BCUT2D eigenvalue weighted by atomic mass is 10.1. The molecule has 0 fully saturated rings. The number of benzene rings is 2. The van der Waals surface area contributed by atoms with Gasteiger partial charge in [-0.1, -0.05) is 24.3 Å². The van der Waals surface area contributed by atoms with Crippen LogP contribution in [0, 0.1) is 0 Å². The van der Waals surface area contributed by atoms with Crippen LogP contribution in [-0.2, 0) is 16.5 Å². The van der Waals surface area contributed by atoms with Gasteiger partial charge in [0.2, 0.25) is 6.29 Å². The van der Waals surface area contributed by atoms with Crippen LogP contribution in [0.25, 0.3) is 0 Å². The molecule has 0 amide bonds. The highest BCUT2D eigenvalue weighted by Gasteiger charge is 2.11. The first-order valence-corrected chi connectivity index (χ1v) is 6.40. The molecule has 22 heavy (non-hydrogen) atoms. The number of aromatic carboxylic acids is 2. The van der Waals surface area contributed by atoms with Crippen LogP contribution in [0.3, 0.4) is 0 Å². The number of ether oxygens (including phenoxy) is 1. The molecule has 2 rings (SSSR count). The molecule has 2 N–H and O–H groups in total. The predicted octanol–water partition coefficient (Wildman–Crippen LogP) is 2.73. The van der Waals surface area contributed by atoms with E-state index in [1.165, 1.54) is 36.4 Å². The molecule has 0 saturated heterocycles. The minimum atomic E-state index is -1.44. The molecular formula is C16H13O6. The molecule has 0 saturated carbocycles. The van der Waals surface area contributed by atoms with Crippen molar-refractivity contribution in [3.05, 3.63) is 70.8 Å². The molecule has 0 bridgehead atoms. The van der Waals surface area contributed by atoms with E-state index in [9.17, 15) is 14.7 Å². The van der Waals surface area contributed by atoms with Gasteiger partial charge in [-0.2, -0.15) is 5.11 Å². The first kappa shape index (κ1) is 15.7. The molecule has 1 radical (unpaired) electrons. The molecule has 0 spiro atoms. The van der Waals surface area contributed by atoms with E-state index in [1.54, 1.807) is 12.1 Å². The Bertz CT molecular complexity index is 660. The zero-order valence-corrected chi connectivity index (χ0v) is 11.4. The van der Waals surface area contributed by atoms with Crippen molar-refractivity contribution in [1.29, 1.82) is 0 Å². The molecular weight excluding hydrogens is 288 g/mol. The van der Waals surface area contributed by atoms with Crippen LogP contribution in [0.2, 0.25) is 0 Å². The molecule has 0 aromatic heterocycles. The van der Waals surface area contributed by atoms with E-state index < -0.39 is 18.2 Å². The van der Waals surface area contributed by atoms with Crippen LogP contribution in [0.5, 0.6) is 0 Å². The highest BCUT2D eigenvalue weighted by atomic mass is 16.6. The maximum Gasteiger partial charge on any atom is 0.335 e. The maximum absolute atomic E-state index is 11.9. The summed E-state index contributed by atoms with van der Waals surface area (Å²) in [5.41, 5.74) is 1.26. The lowest BCUT2D eigenvalue weighted by Gasteiger charge is -2.11. The van der Waals surface area contributed by atoms with Gasteiger partial charge in [0, 0.05) is 5.56 Å². The summed E-state index contributed by atoms with van der Waals surface area (Å²) in [4.78, 5) is 21.4. The van der Waals surface area contributed by atoms with Crippen molar-refractivity contribution in [3.63, 3.8) is 0 Å². The average Bonchev–Trinajstić information content (AvgIpc) is 2.53. The second kappa shape index (κ2) is 6.84. The summed E-state index contributed by atoms with van der Waals surface area (Å²) in [5.74, 6) is -2.08. The molecule has 0 aliphatic heterocycles. The molecule has 0 aliphatic carbocycles. The van der Waals surface area contributed by atoms with Crippen LogP contribution in [0.15, 0.2) is 48.5 Å². The van der Waals surface area contributed by atoms with Crippen molar-refractivity contribution in [2.75, 3.05) is 0 Å². The van der Waals surface area contributed by atoms with Crippen LogP contribution in [0.4, 0.5) is 0 Å². The highest BCUT2D eigenvalue weighted by Crippen LogP contribution is 2.18. The van der Waals surface area contributed by atoms with Gasteiger partial charge < -0.3 is 14.9 Å². The lowest BCUT2D eigenvalue weighted by Crippen LogP contribution is -2.04. The first-order valence-electron chi connectivity index (χ1n) is 6.40. The standard InChI is InChI=1S/C16H13O6/c17-14(18)11-3-1-10(2-4-11)9-22-16(21)13-7-5-12(6-8-13)15(19)20/h1-8,16H,9H2,(H,17,18)(H,19,20). The zero-order valence-electron chi connectivity index (χ0n) is 11.4. The van der Waals surface area contributed by atoms with Crippen molar-refractivity contribution in [3.8, 4) is 0 Å². The molecule has 6 nitrogen and oxygen atoms in total. The van der Waals surface area contributed by atoms with Gasteiger partial charge in [0.15, 0.2) is 0 Å². The Balaban J connectivity index is 1.95. The summed E-state index contributed by atoms with van der Waals surface area (Å²) in [5, 5.41) is 29.5. The molecule has 0 heterocycles. The monoisotopic (exact) mass is 301 g/mol. The van der Waals surface area contributed by atoms with Crippen molar-refractivity contribution in [1.82, 2.24) is 0 Å². The number of carboxylic acid groups (broad SMARTS) is 2. The summed E-state index contributed by atoms with van der Waals surface area (Å²) in [6.07, 6.45) is -1.44. The van der Waals surface area contributed by atoms with Crippen LogP contribution >= 0.6 is 0 Å². The van der Waals surface area contributed by atoms with E-state index in [0.29, 0.717) is 11.1 Å². The van der Waals surface area contributed by atoms with E-state index in [2.05, 4.69) is 0 Å². The van der Waals surface area contributed by atoms with Crippen LogP contribution in [0.1, 0.15) is 38.1 Å². The number of carbonyl (C=O) groups is 2. The van der Waals surface area contributed by atoms with Crippen LogP contribution in [-0.4, -0.2) is 22.2 Å². The second-order valence-corrected chi connectivity index (χ2v) is 4.57. The summed E-state index contributed by atoms with van der Waals surface area (Å²) in [6, 6.07) is 11.5. The van der Waals surface area contributed by atoms with Gasteiger partial charge in [0.1, 0.15) is 0 Å². The average molecular weight is 301 g/mol. The van der Waals surface area contributed by atoms with Crippen molar-refractivity contribution in [2.24, 2.45) is 0 Å². The maximum atomic E-state index is 11.9. The third kappa shape index (κ3) is 3.91. The number of hydrogen-bond donors (Lipinski definition) is 2. The Morgan fingerprint density at radius 2 is 1.32 bits per heavy atom. The van der Waals surface area contributed by atoms with Gasteiger partial charge in [0.05, 0.1) is 17.7 Å². The van der Waals surface area contributed by atoms with Gasteiger partial charge in [-0.25, -0.2) is 9.59 Å². The molecule has 2 aromatic carbocycles. The van der Waals surface area contributed by atoms with E-state index >= 15 is 0 Å². The normalized spacial score (nSPS) is 11.9. The van der Waals surface area contributed by atoms with Gasteiger partial charge in [0.25, 0.3) is 0 Å². The number of rotatable bonds is 6. The number of hydrogen-bond acceptors (Lipinski definition) is 3. The van der Waals surface area contributed by atoms with E-state index in [0.717, 1.165) is 0 Å². The SMILES string of the molecule is [O]C(OCc1ccc(C(=O)O)cc1)c1ccc(C(=O)O)cc1. The zero-order chi connectivity index (χ0) is 16.1. The Hall–Kier alpha value is -2.70. The summed E-state index contributed by atoms with van der Waals surface area (Å²) in [6.45, 7) is 0.0365. The van der Waals surface area contributed by atoms with Crippen molar-refractivity contribution < 1.29 is 29.6 Å². The summed E-state index contributed by atoms with van der Waals surface area (Å²) < 4.78 is 5.16. The number of carboxylic acids is 2. The van der Waals surface area contributed by atoms with E-state index in [-0.39, 0.29) is 17.7 Å². The van der Waals surface area contributed by atoms with Crippen LogP contribution < -0.4 is 0 Å². The fourth-order valence-electron chi connectivity index (χ4n) is 1.79. The topological polar surface area (TPSA) is 104 Å². The Kier molecular flexibility index (Phi) is 4.88. The molecule has 1 atom stereocenters. The molecule has 0 aliphatic rings. The Morgan fingerprint density at radius 3 is 1.77 bits per heavy atom. The molecule has 6 heteroatoms. The van der Waals surface area contributed by atoms with Crippen molar-refractivity contribution in [2.45, 2.75) is 12.9 Å². The van der Waals surface area contributed by atoms with Crippen molar-refractivity contribution >= 4 is 11.9 Å². The van der Waals surface area contributed by atoms with Gasteiger partial charge >= 0.3 is 11.9 Å². The summed E-state index contributed by atoms with van der Waals surface area (Å²) in [7, 11) is 0.